The van der Waals surface area contributed by atoms with Gasteiger partial charge in [-0.3, -0.25) is 0 Å². The molecule has 0 aliphatic carbocycles. The second kappa shape index (κ2) is 6.68. The molecule has 0 amide bonds. The van der Waals surface area contributed by atoms with Crippen molar-refractivity contribution in [2.24, 2.45) is 0 Å². The van der Waals surface area contributed by atoms with Crippen molar-refractivity contribution in [1.29, 1.82) is 0 Å². The number of nitrogens with one attached hydrogen (secondary N) is 1. The minimum Gasteiger partial charge on any atom is -0.496 e. The average molecular weight is 402 g/mol. The first kappa shape index (κ1) is 15.4. The lowest BCUT2D eigenvalue weighted by molar-refractivity contribution is 0.408. The van der Waals surface area contributed by atoms with Crippen LogP contribution in [0, 0.1) is 10.5 Å². The van der Waals surface area contributed by atoms with Gasteiger partial charge in [0.1, 0.15) is 5.75 Å². The van der Waals surface area contributed by atoms with E-state index in [1.807, 2.05) is 30.3 Å². The van der Waals surface area contributed by atoms with Crippen LogP contribution in [0.15, 0.2) is 36.4 Å². The monoisotopic (exact) mass is 401 g/mol. The van der Waals surface area contributed by atoms with E-state index < -0.39 is 0 Å². The first-order valence-electron chi connectivity index (χ1n) is 6.37. The zero-order valence-corrected chi connectivity index (χ0v) is 14.6. The molecule has 2 rings (SSSR count). The third-order valence-corrected chi connectivity index (χ3v) is 4.14. The van der Waals surface area contributed by atoms with Gasteiger partial charge in [0, 0.05) is 9.13 Å². The van der Waals surface area contributed by atoms with E-state index in [0.29, 0.717) is 0 Å². The minimum atomic E-state index is 0.113. The second-order valence-corrected chi connectivity index (χ2v) is 6.39. The maximum absolute atomic E-state index is 6.27. The van der Waals surface area contributed by atoms with Crippen LogP contribution in [-0.4, -0.2) is 7.11 Å². The lowest BCUT2D eigenvalue weighted by atomic mass is 10.0. The first-order valence-corrected chi connectivity index (χ1v) is 7.83. The zero-order valence-electron chi connectivity index (χ0n) is 11.7. The van der Waals surface area contributed by atoms with Crippen LogP contribution in [0.4, 0.5) is 5.69 Å². The third kappa shape index (κ3) is 3.58. The van der Waals surface area contributed by atoms with Gasteiger partial charge in [-0.25, -0.2) is 0 Å². The highest BCUT2D eigenvalue weighted by Crippen LogP contribution is 2.31. The van der Waals surface area contributed by atoms with Crippen molar-refractivity contribution in [3.05, 3.63) is 56.1 Å². The van der Waals surface area contributed by atoms with Crippen LogP contribution in [0.1, 0.15) is 24.1 Å². The number of aryl methyl sites for hydroxylation is 1. The topological polar surface area (TPSA) is 21.3 Å². The fraction of sp³-hybridized carbons (Fsp3) is 0.250. The van der Waals surface area contributed by atoms with Crippen molar-refractivity contribution in [3.63, 3.8) is 0 Å². The van der Waals surface area contributed by atoms with E-state index in [0.717, 1.165) is 25.6 Å². The highest BCUT2D eigenvalue weighted by Gasteiger charge is 2.13. The molecule has 0 bridgehead atoms. The molecule has 0 radical (unpaired) electrons. The Morgan fingerprint density at radius 2 is 1.95 bits per heavy atom. The van der Waals surface area contributed by atoms with Crippen LogP contribution in [-0.2, 0) is 0 Å². The van der Waals surface area contributed by atoms with E-state index in [1.54, 1.807) is 7.11 Å². The number of anilines is 1. The van der Waals surface area contributed by atoms with Crippen LogP contribution in [0.5, 0.6) is 5.75 Å². The SMILES string of the molecule is COc1ccc(C)cc1C(C)Nc1ccc(I)cc1Cl. The van der Waals surface area contributed by atoms with Gasteiger partial charge in [0.25, 0.3) is 0 Å². The van der Waals surface area contributed by atoms with Gasteiger partial charge in [0.2, 0.25) is 0 Å². The molecule has 0 saturated heterocycles. The van der Waals surface area contributed by atoms with Gasteiger partial charge in [0.05, 0.1) is 23.9 Å². The van der Waals surface area contributed by atoms with Crippen LogP contribution in [0.25, 0.3) is 0 Å². The highest BCUT2D eigenvalue weighted by molar-refractivity contribution is 14.1. The Bertz CT molecular complexity index is 615. The van der Waals surface area contributed by atoms with Crippen LogP contribution in [0.3, 0.4) is 0 Å². The van der Waals surface area contributed by atoms with Crippen LogP contribution >= 0.6 is 34.2 Å². The third-order valence-electron chi connectivity index (χ3n) is 3.15. The lowest BCUT2D eigenvalue weighted by Gasteiger charge is -2.20. The Morgan fingerprint density at radius 3 is 2.60 bits per heavy atom. The molecule has 106 valence electrons. The fourth-order valence-corrected chi connectivity index (χ4v) is 3.02. The van der Waals surface area contributed by atoms with E-state index in [-0.39, 0.29) is 6.04 Å². The van der Waals surface area contributed by atoms with E-state index >= 15 is 0 Å². The Kier molecular flexibility index (Phi) is 5.16. The van der Waals surface area contributed by atoms with Gasteiger partial charge < -0.3 is 10.1 Å². The predicted molar refractivity (Wildman–Crippen MR) is 93.9 cm³/mol. The fourth-order valence-electron chi connectivity index (χ4n) is 2.11. The summed E-state index contributed by atoms with van der Waals surface area (Å²) < 4.78 is 6.56. The maximum Gasteiger partial charge on any atom is 0.124 e. The Labute approximate surface area is 138 Å². The minimum absolute atomic E-state index is 0.113. The molecule has 0 aromatic heterocycles. The summed E-state index contributed by atoms with van der Waals surface area (Å²) >= 11 is 8.52. The smallest absolute Gasteiger partial charge is 0.124 e. The molecule has 0 fully saturated rings. The number of rotatable bonds is 4. The Morgan fingerprint density at radius 1 is 1.20 bits per heavy atom. The van der Waals surface area contributed by atoms with Crippen molar-refractivity contribution in [1.82, 2.24) is 0 Å². The normalized spacial score (nSPS) is 12.1. The van der Waals surface area contributed by atoms with Crippen molar-refractivity contribution in [2.45, 2.75) is 19.9 Å². The summed E-state index contributed by atoms with van der Waals surface area (Å²) in [6, 6.07) is 12.3. The van der Waals surface area contributed by atoms with Gasteiger partial charge in [-0.05, 0) is 60.7 Å². The summed E-state index contributed by atoms with van der Waals surface area (Å²) in [5.74, 6) is 0.886. The molecular formula is C16H17ClINO. The van der Waals surface area contributed by atoms with Crippen LogP contribution < -0.4 is 10.1 Å². The van der Waals surface area contributed by atoms with E-state index in [4.69, 9.17) is 16.3 Å². The van der Waals surface area contributed by atoms with Gasteiger partial charge in [-0.2, -0.15) is 0 Å². The van der Waals surface area contributed by atoms with E-state index in [9.17, 15) is 0 Å². The molecule has 2 aromatic carbocycles. The van der Waals surface area contributed by atoms with Gasteiger partial charge in [-0.1, -0.05) is 29.3 Å². The molecule has 0 saturated carbocycles. The molecule has 20 heavy (non-hydrogen) atoms. The average Bonchev–Trinajstić information content (AvgIpc) is 2.41. The number of halogens is 2. The molecule has 1 N–H and O–H groups in total. The summed E-state index contributed by atoms with van der Waals surface area (Å²) in [6.07, 6.45) is 0. The Hall–Kier alpha value is -0.940. The quantitative estimate of drug-likeness (QED) is 0.689. The zero-order chi connectivity index (χ0) is 14.7. The molecule has 0 heterocycles. The molecule has 0 aliphatic heterocycles. The first-order chi connectivity index (χ1) is 9.51. The maximum atomic E-state index is 6.27. The van der Waals surface area contributed by atoms with Crippen molar-refractivity contribution >= 4 is 39.9 Å². The highest BCUT2D eigenvalue weighted by atomic mass is 127. The molecule has 0 aliphatic rings. The molecule has 4 heteroatoms. The number of benzene rings is 2. The summed E-state index contributed by atoms with van der Waals surface area (Å²) in [4.78, 5) is 0. The number of hydrogen-bond acceptors (Lipinski definition) is 2. The van der Waals surface area contributed by atoms with Crippen molar-refractivity contribution < 1.29 is 4.74 Å². The summed E-state index contributed by atoms with van der Waals surface area (Å²) in [5.41, 5.74) is 3.27. The Balaban J connectivity index is 2.27. The molecule has 2 nitrogen and oxygen atoms in total. The number of ether oxygens (including phenoxy) is 1. The van der Waals surface area contributed by atoms with Gasteiger partial charge >= 0.3 is 0 Å². The summed E-state index contributed by atoms with van der Waals surface area (Å²) in [7, 11) is 1.69. The van der Waals surface area contributed by atoms with Crippen molar-refractivity contribution in [2.75, 3.05) is 12.4 Å². The van der Waals surface area contributed by atoms with Crippen molar-refractivity contribution in [3.8, 4) is 5.75 Å². The standard InChI is InChI=1S/C16H17ClINO/c1-10-4-7-16(20-3)13(8-10)11(2)19-15-6-5-12(18)9-14(15)17/h4-9,11,19H,1-3H3. The number of methoxy groups -OCH3 is 1. The molecule has 2 aromatic rings. The summed E-state index contributed by atoms with van der Waals surface area (Å²) in [5, 5.41) is 4.17. The lowest BCUT2D eigenvalue weighted by Crippen LogP contribution is -2.09. The predicted octanol–water partition coefficient (Wildman–Crippen LogP) is 5.43. The molecule has 1 unspecified atom stereocenters. The largest absolute Gasteiger partial charge is 0.496 e. The number of hydrogen-bond donors (Lipinski definition) is 1. The second-order valence-electron chi connectivity index (χ2n) is 4.74. The summed E-state index contributed by atoms with van der Waals surface area (Å²) in [6.45, 7) is 4.18. The molecule has 0 spiro atoms. The van der Waals surface area contributed by atoms with Crippen LogP contribution in [0.2, 0.25) is 5.02 Å². The van der Waals surface area contributed by atoms with E-state index in [1.165, 1.54) is 5.56 Å². The van der Waals surface area contributed by atoms with Gasteiger partial charge in [0.15, 0.2) is 0 Å². The molecular weight excluding hydrogens is 385 g/mol. The van der Waals surface area contributed by atoms with E-state index in [2.05, 4.69) is 47.8 Å². The van der Waals surface area contributed by atoms with Gasteiger partial charge in [-0.15, -0.1) is 0 Å². The molecule has 1 atom stereocenters.